The quantitative estimate of drug-likeness (QED) is 0.754. The van der Waals surface area contributed by atoms with Crippen molar-refractivity contribution in [2.45, 2.75) is 52.8 Å². The number of carbonyl (C=O) groups is 1. The number of fused-ring (bicyclic) bond motifs is 1. The molecule has 1 unspecified atom stereocenters. The highest BCUT2D eigenvalue weighted by atomic mass is 16.6. The Balaban J connectivity index is 1.92. The maximum Gasteiger partial charge on any atom is 0.407 e. The van der Waals surface area contributed by atoms with Gasteiger partial charge in [-0.25, -0.2) is 4.79 Å². The number of carbonyl (C=O) groups excluding carboxylic acids is 1. The van der Waals surface area contributed by atoms with Crippen molar-refractivity contribution in [1.29, 1.82) is 0 Å². The summed E-state index contributed by atoms with van der Waals surface area (Å²) in [6.45, 7) is 11.2. The summed E-state index contributed by atoms with van der Waals surface area (Å²) < 4.78 is 5.30. The van der Waals surface area contributed by atoms with Crippen molar-refractivity contribution in [2.24, 2.45) is 5.92 Å². The van der Waals surface area contributed by atoms with E-state index in [-0.39, 0.29) is 12.1 Å². The average Bonchev–Trinajstić information content (AvgIpc) is 2.94. The second-order valence-corrected chi connectivity index (χ2v) is 7.47. The average molecular weight is 331 g/mol. The molecule has 1 amide bonds. The van der Waals surface area contributed by atoms with Gasteiger partial charge in [0.25, 0.3) is 0 Å². The monoisotopic (exact) mass is 331 g/mol. The van der Waals surface area contributed by atoms with Crippen molar-refractivity contribution in [2.75, 3.05) is 6.54 Å². The minimum Gasteiger partial charge on any atom is -0.444 e. The first-order valence-electron chi connectivity index (χ1n) is 8.51. The topological polar surface area (TPSA) is 66.2 Å². The highest BCUT2D eigenvalue weighted by Gasteiger charge is 2.19. The number of rotatable bonds is 6. The Morgan fingerprint density at radius 2 is 2.00 bits per heavy atom. The van der Waals surface area contributed by atoms with E-state index in [4.69, 9.17) is 4.74 Å². The number of hydrogen-bond acceptors (Lipinski definition) is 3. The summed E-state index contributed by atoms with van der Waals surface area (Å²) in [5, 5.41) is 7.61. The van der Waals surface area contributed by atoms with Gasteiger partial charge in [-0.05, 0) is 43.7 Å². The van der Waals surface area contributed by atoms with Crippen LogP contribution < -0.4 is 10.6 Å². The summed E-state index contributed by atoms with van der Waals surface area (Å²) >= 11 is 0. The summed E-state index contributed by atoms with van der Waals surface area (Å²) in [7, 11) is 0. The van der Waals surface area contributed by atoms with E-state index in [1.54, 1.807) is 0 Å². The molecule has 0 bridgehead atoms. The summed E-state index contributed by atoms with van der Waals surface area (Å²) in [5.74, 6) is 0.391. The van der Waals surface area contributed by atoms with Crippen molar-refractivity contribution in [1.82, 2.24) is 15.6 Å². The molecule has 132 valence electrons. The van der Waals surface area contributed by atoms with Crippen LogP contribution >= 0.6 is 0 Å². The van der Waals surface area contributed by atoms with Gasteiger partial charge in [0.1, 0.15) is 5.60 Å². The van der Waals surface area contributed by atoms with Crippen LogP contribution in [0.2, 0.25) is 0 Å². The number of amides is 1. The molecule has 0 spiro atoms. The molecule has 0 aliphatic heterocycles. The fourth-order valence-electron chi connectivity index (χ4n) is 2.59. The SMILES string of the molecule is CC(C)C(CNC(=O)OC(C)(C)C)NCc1cccc2cc[nH]c12. The predicted octanol–water partition coefficient (Wildman–Crippen LogP) is 3.81. The molecule has 2 aromatic rings. The van der Waals surface area contributed by atoms with Gasteiger partial charge in [-0.3, -0.25) is 0 Å². The lowest BCUT2D eigenvalue weighted by Crippen LogP contribution is -2.45. The fraction of sp³-hybridized carbons (Fsp3) is 0.526. The standard InChI is InChI=1S/C19H29N3O2/c1-13(2)16(12-22-18(23)24-19(3,4)5)21-11-15-8-6-7-14-9-10-20-17(14)15/h6-10,13,16,20-21H,11-12H2,1-5H3,(H,22,23). The Morgan fingerprint density at radius 3 is 2.67 bits per heavy atom. The first kappa shape index (κ1) is 18.3. The normalized spacial score (nSPS) is 13.2. The van der Waals surface area contributed by atoms with E-state index in [0.717, 1.165) is 12.1 Å². The third-order valence-corrected chi connectivity index (χ3v) is 3.90. The smallest absolute Gasteiger partial charge is 0.407 e. The predicted molar refractivity (Wildman–Crippen MR) is 98.0 cm³/mol. The van der Waals surface area contributed by atoms with E-state index in [2.05, 4.69) is 53.7 Å². The van der Waals surface area contributed by atoms with Crippen LogP contribution in [0.5, 0.6) is 0 Å². The molecule has 0 aliphatic carbocycles. The van der Waals surface area contributed by atoms with Crippen molar-refractivity contribution in [3.63, 3.8) is 0 Å². The lowest BCUT2D eigenvalue weighted by atomic mass is 10.0. The Bertz CT molecular complexity index is 671. The third-order valence-electron chi connectivity index (χ3n) is 3.90. The zero-order valence-corrected chi connectivity index (χ0v) is 15.3. The number of aromatic amines is 1. The van der Waals surface area contributed by atoms with Gasteiger partial charge in [0.15, 0.2) is 0 Å². The second kappa shape index (κ2) is 7.71. The first-order chi connectivity index (χ1) is 11.3. The number of para-hydroxylation sites is 1. The molecule has 1 aromatic carbocycles. The van der Waals surface area contributed by atoms with Gasteiger partial charge >= 0.3 is 6.09 Å². The van der Waals surface area contributed by atoms with E-state index < -0.39 is 5.60 Å². The minimum absolute atomic E-state index is 0.169. The molecule has 24 heavy (non-hydrogen) atoms. The number of benzene rings is 1. The highest BCUT2D eigenvalue weighted by Crippen LogP contribution is 2.17. The van der Waals surface area contributed by atoms with Gasteiger partial charge in [-0.1, -0.05) is 32.0 Å². The molecule has 2 rings (SSSR count). The molecule has 0 radical (unpaired) electrons. The van der Waals surface area contributed by atoms with Crippen LogP contribution in [-0.2, 0) is 11.3 Å². The maximum atomic E-state index is 11.8. The summed E-state index contributed by atoms with van der Waals surface area (Å²) in [6.07, 6.45) is 1.58. The molecule has 1 aromatic heterocycles. The van der Waals surface area contributed by atoms with Crippen LogP contribution in [-0.4, -0.2) is 29.3 Å². The van der Waals surface area contributed by atoms with Crippen LogP contribution in [0.1, 0.15) is 40.2 Å². The first-order valence-corrected chi connectivity index (χ1v) is 8.51. The van der Waals surface area contributed by atoms with Gasteiger partial charge in [-0.2, -0.15) is 0 Å². The number of hydrogen-bond donors (Lipinski definition) is 3. The van der Waals surface area contributed by atoms with E-state index in [9.17, 15) is 4.79 Å². The van der Waals surface area contributed by atoms with Crippen LogP contribution in [0.25, 0.3) is 10.9 Å². The van der Waals surface area contributed by atoms with Gasteiger partial charge in [0.2, 0.25) is 0 Å². The second-order valence-electron chi connectivity index (χ2n) is 7.47. The van der Waals surface area contributed by atoms with Crippen LogP contribution in [0, 0.1) is 5.92 Å². The van der Waals surface area contributed by atoms with Crippen molar-refractivity contribution in [3.05, 3.63) is 36.0 Å². The number of H-pyrrole nitrogens is 1. The molecule has 0 aliphatic rings. The number of alkyl carbamates (subject to hydrolysis) is 1. The Labute approximate surface area is 144 Å². The molecule has 3 N–H and O–H groups in total. The highest BCUT2D eigenvalue weighted by molar-refractivity contribution is 5.82. The number of ether oxygens (including phenoxy) is 1. The molecule has 0 saturated carbocycles. The summed E-state index contributed by atoms with van der Waals surface area (Å²) in [5.41, 5.74) is 1.90. The van der Waals surface area contributed by atoms with Gasteiger partial charge < -0.3 is 20.4 Å². The molecule has 0 fully saturated rings. The van der Waals surface area contributed by atoms with Crippen LogP contribution in [0.4, 0.5) is 4.79 Å². The molecule has 5 nitrogen and oxygen atoms in total. The van der Waals surface area contributed by atoms with E-state index >= 15 is 0 Å². The lowest BCUT2D eigenvalue weighted by Gasteiger charge is -2.25. The minimum atomic E-state index is -0.478. The number of aromatic nitrogens is 1. The fourth-order valence-corrected chi connectivity index (χ4v) is 2.59. The maximum absolute atomic E-state index is 11.8. The van der Waals surface area contributed by atoms with E-state index in [0.29, 0.717) is 12.5 Å². The molecular weight excluding hydrogens is 302 g/mol. The van der Waals surface area contributed by atoms with Crippen LogP contribution in [0.15, 0.2) is 30.5 Å². The molecule has 1 atom stereocenters. The molecule has 0 saturated heterocycles. The lowest BCUT2D eigenvalue weighted by molar-refractivity contribution is 0.0519. The van der Waals surface area contributed by atoms with Gasteiger partial charge in [0.05, 0.1) is 0 Å². The molecular formula is C19H29N3O2. The summed E-state index contributed by atoms with van der Waals surface area (Å²) in [4.78, 5) is 15.1. The van der Waals surface area contributed by atoms with Crippen molar-refractivity contribution < 1.29 is 9.53 Å². The Morgan fingerprint density at radius 1 is 1.25 bits per heavy atom. The zero-order valence-electron chi connectivity index (χ0n) is 15.3. The number of nitrogens with one attached hydrogen (secondary N) is 3. The largest absolute Gasteiger partial charge is 0.444 e. The van der Waals surface area contributed by atoms with Gasteiger partial charge in [0, 0.05) is 30.8 Å². The zero-order chi connectivity index (χ0) is 17.7. The van der Waals surface area contributed by atoms with Gasteiger partial charge in [-0.15, -0.1) is 0 Å². The van der Waals surface area contributed by atoms with Crippen LogP contribution in [0.3, 0.4) is 0 Å². The summed E-state index contributed by atoms with van der Waals surface area (Å²) in [6, 6.07) is 8.52. The van der Waals surface area contributed by atoms with Crippen molar-refractivity contribution >= 4 is 17.0 Å². The van der Waals surface area contributed by atoms with E-state index in [1.165, 1.54) is 10.9 Å². The Kier molecular flexibility index (Phi) is 5.89. The molecule has 5 heteroatoms. The third kappa shape index (κ3) is 5.27. The Hall–Kier alpha value is -2.01. The van der Waals surface area contributed by atoms with Crippen molar-refractivity contribution in [3.8, 4) is 0 Å². The molecule has 1 heterocycles. The van der Waals surface area contributed by atoms with E-state index in [1.807, 2.05) is 27.0 Å².